The molecule has 0 radical (unpaired) electrons. The Balaban J connectivity index is 0.000000249. The van der Waals surface area contributed by atoms with Crippen molar-refractivity contribution in [2.75, 3.05) is 13.2 Å². The summed E-state index contributed by atoms with van der Waals surface area (Å²) >= 11 is 0. The standard InChI is InChI=1S/C10H12O2.C3H4O2/c1-2-4-9(5-3-1)6-11-7-10-8-12-10;1-2-3(4)5/h1-5,10H,6-8H2;2H,1H2,(H,4,5). The van der Waals surface area contributed by atoms with Crippen LogP contribution in [0.4, 0.5) is 0 Å². The lowest BCUT2D eigenvalue weighted by Gasteiger charge is -2.00. The van der Waals surface area contributed by atoms with Gasteiger partial charge in [0.1, 0.15) is 6.10 Å². The van der Waals surface area contributed by atoms with E-state index in [2.05, 4.69) is 18.7 Å². The number of benzene rings is 1. The highest BCUT2D eigenvalue weighted by Gasteiger charge is 2.21. The molecule has 0 saturated carbocycles. The molecular formula is C13H16O4. The van der Waals surface area contributed by atoms with Crippen LogP contribution in [0.25, 0.3) is 0 Å². The Kier molecular flexibility index (Phi) is 5.99. The van der Waals surface area contributed by atoms with Gasteiger partial charge in [-0.25, -0.2) is 4.79 Å². The van der Waals surface area contributed by atoms with Crippen molar-refractivity contribution in [1.82, 2.24) is 0 Å². The fourth-order valence-electron chi connectivity index (χ4n) is 1.05. The fourth-order valence-corrected chi connectivity index (χ4v) is 1.05. The third-order valence-corrected chi connectivity index (χ3v) is 1.99. The number of carbonyl (C=O) groups is 1. The molecule has 4 heteroatoms. The molecule has 1 saturated heterocycles. The maximum atomic E-state index is 9.25. The van der Waals surface area contributed by atoms with Gasteiger partial charge in [0, 0.05) is 6.08 Å². The van der Waals surface area contributed by atoms with Gasteiger partial charge < -0.3 is 14.6 Å². The van der Waals surface area contributed by atoms with Gasteiger partial charge in [-0.1, -0.05) is 36.9 Å². The largest absolute Gasteiger partial charge is 0.478 e. The molecule has 0 aromatic heterocycles. The van der Waals surface area contributed by atoms with Crippen LogP contribution in [0.15, 0.2) is 43.0 Å². The number of hydrogen-bond donors (Lipinski definition) is 1. The van der Waals surface area contributed by atoms with Crippen molar-refractivity contribution in [3.05, 3.63) is 48.6 Å². The molecule has 1 fully saturated rings. The summed E-state index contributed by atoms with van der Waals surface area (Å²) in [6, 6.07) is 10.2. The van der Waals surface area contributed by atoms with Crippen molar-refractivity contribution >= 4 is 5.97 Å². The summed E-state index contributed by atoms with van der Waals surface area (Å²) in [4.78, 5) is 9.25. The highest BCUT2D eigenvalue weighted by molar-refractivity contribution is 5.78. The Labute approximate surface area is 100 Å². The van der Waals surface area contributed by atoms with E-state index in [0.29, 0.717) is 12.7 Å². The van der Waals surface area contributed by atoms with Crippen LogP contribution in [-0.2, 0) is 20.9 Å². The molecule has 17 heavy (non-hydrogen) atoms. The molecule has 1 N–H and O–H groups in total. The first-order valence-corrected chi connectivity index (χ1v) is 5.31. The van der Waals surface area contributed by atoms with E-state index in [9.17, 15) is 4.79 Å². The van der Waals surface area contributed by atoms with Crippen molar-refractivity contribution in [2.24, 2.45) is 0 Å². The Hall–Kier alpha value is -1.65. The van der Waals surface area contributed by atoms with E-state index in [1.165, 1.54) is 5.56 Å². The SMILES string of the molecule is C=CC(=O)O.c1ccc(COCC2CO2)cc1. The lowest BCUT2D eigenvalue weighted by molar-refractivity contribution is -0.131. The van der Waals surface area contributed by atoms with Crippen molar-refractivity contribution in [2.45, 2.75) is 12.7 Å². The van der Waals surface area contributed by atoms with Gasteiger partial charge in [0.2, 0.25) is 0 Å². The second-order valence-corrected chi connectivity index (χ2v) is 3.50. The monoisotopic (exact) mass is 236 g/mol. The molecule has 1 atom stereocenters. The summed E-state index contributed by atoms with van der Waals surface area (Å²) in [5.41, 5.74) is 1.22. The van der Waals surface area contributed by atoms with E-state index >= 15 is 0 Å². The van der Waals surface area contributed by atoms with E-state index in [1.807, 2.05) is 18.2 Å². The van der Waals surface area contributed by atoms with E-state index in [0.717, 1.165) is 19.3 Å². The molecule has 92 valence electrons. The zero-order valence-electron chi connectivity index (χ0n) is 9.54. The van der Waals surface area contributed by atoms with Crippen LogP contribution in [0.3, 0.4) is 0 Å². The molecule has 0 bridgehead atoms. The molecule has 1 aromatic carbocycles. The Morgan fingerprint density at radius 2 is 2.12 bits per heavy atom. The lowest BCUT2D eigenvalue weighted by atomic mass is 10.2. The average Bonchev–Trinajstić information content (AvgIpc) is 3.15. The third kappa shape index (κ3) is 7.27. The molecule has 0 spiro atoms. The number of hydrogen-bond acceptors (Lipinski definition) is 3. The van der Waals surface area contributed by atoms with Crippen molar-refractivity contribution in [3.8, 4) is 0 Å². The summed E-state index contributed by atoms with van der Waals surface area (Å²) in [6.45, 7) is 5.26. The van der Waals surface area contributed by atoms with Crippen LogP contribution in [-0.4, -0.2) is 30.4 Å². The van der Waals surface area contributed by atoms with Crippen molar-refractivity contribution in [1.29, 1.82) is 0 Å². The first kappa shape index (κ1) is 13.4. The Bertz CT molecular complexity index is 344. The van der Waals surface area contributed by atoms with E-state index in [4.69, 9.17) is 14.6 Å². The van der Waals surface area contributed by atoms with Crippen molar-refractivity contribution in [3.63, 3.8) is 0 Å². The Morgan fingerprint density at radius 1 is 1.53 bits per heavy atom. The maximum absolute atomic E-state index is 9.25. The van der Waals surface area contributed by atoms with Gasteiger partial charge in [0.05, 0.1) is 19.8 Å². The van der Waals surface area contributed by atoms with Crippen LogP contribution < -0.4 is 0 Å². The molecule has 4 nitrogen and oxygen atoms in total. The van der Waals surface area contributed by atoms with Crippen LogP contribution in [0.2, 0.25) is 0 Å². The normalized spacial score (nSPS) is 16.6. The predicted molar refractivity (Wildman–Crippen MR) is 63.7 cm³/mol. The zero-order valence-corrected chi connectivity index (χ0v) is 9.54. The van der Waals surface area contributed by atoms with Crippen LogP contribution in [0.1, 0.15) is 5.56 Å². The molecular weight excluding hydrogens is 220 g/mol. The average molecular weight is 236 g/mol. The maximum Gasteiger partial charge on any atom is 0.327 e. The molecule has 1 heterocycles. The van der Waals surface area contributed by atoms with Gasteiger partial charge in [0.15, 0.2) is 0 Å². The van der Waals surface area contributed by atoms with E-state index < -0.39 is 5.97 Å². The lowest BCUT2D eigenvalue weighted by Crippen LogP contribution is -2.00. The fraction of sp³-hybridized carbons (Fsp3) is 0.308. The number of carboxylic acids is 1. The first-order chi connectivity index (χ1) is 8.22. The number of ether oxygens (including phenoxy) is 2. The highest BCUT2D eigenvalue weighted by atomic mass is 16.6. The molecule has 0 amide bonds. The van der Waals surface area contributed by atoms with Gasteiger partial charge in [-0.2, -0.15) is 0 Å². The topological polar surface area (TPSA) is 59.1 Å². The minimum atomic E-state index is -0.981. The summed E-state index contributed by atoms with van der Waals surface area (Å²) in [5, 5.41) is 7.60. The van der Waals surface area contributed by atoms with Gasteiger partial charge >= 0.3 is 5.97 Å². The highest BCUT2D eigenvalue weighted by Crippen LogP contribution is 2.10. The molecule has 2 rings (SSSR count). The quantitative estimate of drug-likeness (QED) is 0.626. The Morgan fingerprint density at radius 3 is 2.59 bits per heavy atom. The number of aliphatic carboxylic acids is 1. The van der Waals surface area contributed by atoms with Crippen LogP contribution in [0.5, 0.6) is 0 Å². The molecule has 1 aliphatic heterocycles. The smallest absolute Gasteiger partial charge is 0.327 e. The third-order valence-electron chi connectivity index (χ3n) is 1.99. The van der Waals surface area contributed by atoms with Crippen LogP contribution >= 0.6 is 0 Å². The minimum Gasteiger partial charge on any atom is -0.478 e. The summed E-state index contributed by atoms with van der Waals surface area (Å²) in [5.74, 6) is -0.981. The second kappa shape index (κ2) is 7.60. The summed E-state index contributed by atoms with van der Waals surface area (Å²) < 4.78 is 10.4. The molecule has 1 aliphatic rings. The minimum absolute atomic E-state index is 0.369. The van der Waals surface area contributed by atoms with Crippen molar-refractivity contribution < 1.29 is 19.4 Å². The van der Waals surface area contributed by atoms with Gasteiger partial charge in [-0.3, -0.25) is 0 Å². The molecule has 0 aliphatic carbocycles. The molecule has 1 aromatic rings. The predicted octanol–water partition coefficient (Wildman–Crippen LogP) is 1.86. The number of carboxylic acid groups (broad SMARTS) is 1. The van der Waals surface area contributed by atoms with Gasteiger partial charge in [0.25, 0.3) is 0 Å². The van der Waals surface area contributed by atoms with E-state index in [1.54, 1.807) is 0 Å². The summed E-state index contributed by atoms with van der Waals surface area (Å²) in [6.07, 6.45) is 1.20. The first-order valence-electron chi connectivity index (χ1n) is 5.31. The molecule has 1 unspecified atom stereocenters. The number of rotatable bonds is 5. The van der Waals surface area contributed by atoms with Gasteiger partial charge in [-0.05, 0) is 5.56 Å². The van der Waals surface area contributed by atoms with E-state index in [-0.39, 0.29) is 0 Å². The second-order valence-electron chi connectivity index (χ2n) is 3.50. The zero-order chi connectivity index (χ0) is 12.5. The van der Waals surface area contributed by atoms with Crippen LogP contribution in [0, 0.1) is 0 Å². The van der Waals surface area contributed by atoms with Gasteiger partial charge in [-0.15, -0.1) is 0 Å². The summed E-state index contributed by atoms with van der Waals surface area (Å²) in [7, 11) is 0. The number of epoxide rings is 1.